The summed E-state index contributed by atoms with van der Waals surface area (Å²) in [6.07, 6.45) is 0.958. The van der Waals surface area contributed by atoms with Gasteiger partial charge in [0.15, 0.2) is 11.5 Å². The van der Waals surface area contributed by atoms with E-state index in [2.05, 4.69) is 0 Å². The molecule has 0 heterocycles. The van der Waals surface area contributed by atoms with Gasteiger partial charge in [0, 0.05) is 12.8 Å². The van der Waals surface area contributed by atoms with Crippen molar-refractivity contribution in [2.45, 2.75) is 85.3 Å². The maximum atomic E-state index is 12.7. The summed E-state index contributed by atoms with van der Waals surface area (Å²) < 4.78 is 26.1. The van der Waals surface area contributed by atoms with E-state index < -0.39 is 47.5 Å². The minimum Gasteiger partial charge on any atom is -0.468 e. The number of methoxy groups -OCH3 is 1. The zero-order valence-corrected chi connectivity index (χ0v) is 23.0. The lowest BCUT2D eigenvalue weighted by Crippen LogP contribution is -2.53. The number of hydrogen-bond donors (Lipinski definition) is 1. The third-order valence-corrected chi connectivity index (χ3v) is 5.40. The monoisotopic (exact) mass is 523 g/mol. The smallest absolute Gasteiger partial charge is 0.468 e. The summed E-state index contributed by atoms with van der Waals surface area (Å²) in [4.78, 5) is 49.1. The molecule has 0 radical (unpaired) electrons. The van der Waals surface area contributed by atoms with E-state index in [1.807, 2.05) is 6.92 Å². The van der Waals surface area contributed by atoms with Gasteiger partial charge in [0.2, 0.25) is 0 Å². The van der Waals surface area contributed by atoms with Crippen LogP contribution in [0, 0.1) is 11.8 Å². The van der Waals surface area contributed by atoms with Crippen molar-refractivity contribution in [3.05, 3.63) is 23.8 Å². The first-order valence-corrected chi connectivity index (χ1v) is 12.6. The van der Waals surface area contributed by atoms with Gasteiger partial charge in [0.05, 0.1) is 25.6 Å². The molecule has 1 rings (SSSR count). The maximum absolute atomic E-state index is 12.7. The highest BCUT2D eigenvalue weighted by molar-refractivity contribution is 5.81. The van der Waals surface area contributed by atoms with Gasteiger partial charge in [-0.1, -0.05) is 53.5 Å². The zero-order chi connectivity index (χ0) is 28.2. The van der Waals surface area contributed by atoms with Crippen LogP contribution in [-0.2, 0) is 35.0 Å². The average molecular weight is 524 g/mol. The van der Waals surface area contributed by atoms with Gasteiger partial charge in [0.1, 0.15) is 11.6 Å². The summed E-state index contributed by atoms with van der Waals surface area (Å²) in [6, 6.07) is 4.57. The summed E-state index contributed by atoms with van der Waals surface area (Å²) in [5.41, 5.74) is 5.39. The number of rotatable bonds is 14. The number of unbranched alkanes of at least 4 members (excludes halogenated alkanes) is 2. The van der Waals surface area contributed by atoms with Crippen molar-refractivity contribution in [3.63, 3.8) is 0 Å². The summed E-state index contributed by atoms with van der Waals surface area (Å²) in [5, 5.41) is 0. The molecule has 0 aromatic heterocycles. The number of hydrogen-bond acceptors (Lipinski definition) is 10. The molecule has 0 fully saturated rings. The quantitative estimate of drug-likeness (QED) is 0.213. The molecular formula is C27H41NO9. The van der Waals surface area contributed by atoms with Crippen LogP contribution in [0.3, 0.4) is 0 Å². The van der Waals surface area contributed by atoms with Gasteiger partial charge in [-0.2, -0.15) is 0 Å². The predicted octanol–water partition coefficient (Wildman–Crippen LogP) is 4.34. The van der Waals surface area contributed by atoms with Gasteiger partial charge in [-0.25, -0.2) is 4.79 Å². The Morgan fingerprint density at radius 1 is 0.919 bits per heavy atom. The van der Waals surface area contributed by atoms with E-state index in [9.17, 15) is 19.2 Å². The lowest BCUT2D eigenvalue weighted by atomic mass is 9.86. The van der Waals surface area contributed by atoms with Crippen LogP contribution in [0.5, 0.6) is 11.5 Å². The van der Waals surface area contributed by atoms with Crippen LogP contribution in [0.15, 0.2) is 18.2 Å². The largest absolute Gasteiger partial charge is 0.508 e. The molecule has 1 unspecified atom stereocenters. The van der Waals surface area contributed by atoms with E-state index in [4.69, 9.17) is 29.4 Å². The van der Waals surface area contributed by atoms with Crippen molar-refractivity contribution in [1.29, 1.82) is 0 Å². The molecule has 10 nitrogen and oxygen atoms in total. The first-order valence-electron chi connectivity index (χ1n) is 12.6. The van der Waals surface area contributed by atoms with Crippen molar-refractivity contribution in [2.75, 3.05) is 13.7 Å². The van der Waals surface area contributed by atoms with Gasteiger partial charge in [-0.05, 0) is 31.0 Å². The highest BCUT2D eigenvalue weighted by Crippen LogP contribution is 2.32. The van der Waals surface area contributed by atoms with E-state index in [-0.39, 0.29) is 30.9 Å². The number of benzene rings is 1. The van der Waals surface area contributed by atoms with Crippen LogP contribution in [0.25, 0.3) is 0 Å². The Hall–Kier alpha value is -3.14. The molecule has 0 aliphatic rings. The molecule has 37 heavy (non-hydrogen) atoms. The lowest BCUT2D eigenvalue weighted by molar-refractivity contribution is -0.148. The van der Waals surface area contributed by atoms with E-state index in [0.717, 1.165) is 19.3 Å². The van der Waals surface area contributed by atoms with Crippen molar-refractivity contribution in [2.24, 2.45) is 17.6 Å². The molecule has 0 bridgehead atoms. The molecule has 208 valence electrons. The molecule has 0 aliphatic carbocycles. The molecule has 2 atom stereocenters. The second-order valence-corrected chi connectivity index (χ2v) is 9.70. The van der Waals surface area contributed by atoms with Crippen LogP contribution < -0.4 is 15.2 Å². The van der Waals surface area contributed by atoms with Crippen molar-refractivity contribution < 1.29 is 42.9 Å². The summed E-state index contributed by atoms with van der Waals surface area (Å²) in [7, 11) is 1.21. The number of esters is 3. The SMILES string of the molecule is CCCCCOC(=O)O[C@@H](C)CC(N)(Cc1ccc(OC(=O)C(C)C)c(OC(=O)C(C)C)c1)C(=O)OC. The normalized spacial score (nSPS) is 13.5. The van der Waals surface area contributed by atoms with E-state index in [0.29, 0.717) is 5.56 Å². The first kappa shape index (κ1) is 31.9. The highest BCUT2D eigenvalue weighted by Gasteiger charge is 2.38. The van der Waals surface area contributed by atoms with Gasteiger partial charge >= 0.3 is 24.1 Å². The predicted molar refractivity (Wildman–Crippen MR) is 136 cm³/mol. The third kappa shape index (κ3) is 10.8. The molecule has 1 aromatic rings. The Labute approximate surface area is 219 Å². The Morgan fingerprint density at radius 2 is 1.51 bits per heavy atom. The Morgan fingerprint density at radius 3 is 2.05 bits per heavy atom. The van der Waals surface area contributed by atoms with Gasteiger partial charge in [-0.3, -0.25) is 14.4 Å². The Balaban J connectivity index is 3.12. The number of carbonyl (C=O) groups is 4. The summed E-state index contributed by atoms with van der Waals surface area (Å²) >= 11 is 0. The van der Waals surface area contributed by atoms with Gasteiger partial charge in [0.25, 0.3) is 0 Å². The minimum atomic E-state index is -1.58. The first-order chi connectivity index (χ1) is 17.3. The van der Waals surface area contributed by atoms with Crippen molar-refractivity contribution in [3.8, 4) is 11.5 Å². The molecule has 10 heteroatoms. The Kier molecular flexibility index (Phi) is 13.1. The highest BCUT2D eigenvalue weighted by atomic mass is 16.7. The molecule has 0 saturated heterocycles. The molecular weight excluding hydrogens is 482 g/mol. The molecule has 0 spiro atoms. The van der Waals surface area contributed by atoms with E-state index >= 15 is 0 Å². The van der Waals surface area contributed by atoms with Crippen molar-refractivity contribution >= 4 is 24.1 Å². The zero-order valence-electron chi connectivity index (χ0n) is 23.0. The van der Waals surface area contributed by atoms with Crippen LogP contribution in [0.4, 0.5) is 4.79 Å². The van der Waals surface area contributed by atoms with Crippen LogP contribution in [0.1, 0.15) is 72.8 Å². The lowest BCUT2D eigenvalue weighted by Gasteiger charge is -2.29. The van der Waals surface area contributed by atoms with Crippen LogP contribution in [0.2, 0.25) is 0 Å². The molecule has 0 aliphatic heterocycles. The fourth-order valence-electron chi connectivity index (χ4n) is 3.33. The number of carbonyl (C=O) groups excluding carboxylic acids is 4. The maximum Gasteiger partial charge on any atom is 0.508 e. The average Bonchev–Trinajstić information content (AvgIpc) is 2.82. The van der Waals surface area contributed by atoms with Crippen LogP contribution >= 0.6 is 0 Å². The van der Waals surface area contributed by atoms with Gasteiger partial charge < -0.3 is 29.4 Å². The van der Waals surface area contributed by atoms with E-state index in [1.54, 1.807) is 40.7 Å². The fraction of sp³-hybridized carbons (Fsp3) is 0.630. The molecule has 0 amide bonds. The van der Waals surface area contributed by atoms with Crippen molar-refractivity contribution in [1.82, 2.24) is 0 Å². The van der Waals surface area contributed by atoms with E-state index in [1.165, 1.54) is 19.2 Å². The van der Waals surface area contributed by atoms with Crippen LogP contribution in [-0.4, -0.2) is 49.4 Å². The second kappa shape index (κ2) is 15.2. The van der Waals surface area contributed by atoms with Gasteiger partial charge in [-0.15, -0.1) is 0 Å². The summed E-state index contributed by atoms with van der Waals surface area (Å²) in [5.74, 6) is -2.47. The number of ether oxygens (including phenoxy) is 5. The number of nitrogens with two attached hydrogens (primary N) is 1. The topological polar surface area (TPSA) is 140 Å². The summed E-state index contributed by atoms with van der Waals surface area (Å²) in [6.45, 7) is 10.6. The third-order valence-electron chi connectivity index (χ3n) is 5.40. The molecule has 1 aromatic carbocycles. The fourth-order valence-corrected chi connectivity index (χ4v) is 3.33. The standard InChI is InChI=1S/C27H41NO9/c1-8-9-10-13-34-26(32)35-19(6)15-27(28,25(31)33-7)16-20-11-12-21(36-23(29)17(2)3)22(14-20)37-24(30)18(4)5/h11-12,14,17-19H,8-10,13,15-16,28H2,1-7H3/t19-,27?/m0/s1. The second-order valence-electron chi connectivity index (χ2n) is 9.70. The molecule has 0 saturated carbocycles. The minimum absolute atomic E-state index is 0.0253. The molecule has 2 N–H and O–H groups in total. The Bertz CT molecular complexity index is 928.